The van der Waals surface area contributed by atoms with Gasteiger partial charge in [0.25, 0.3) is 11.8 Å². The zero-order chi connectivity index (χ0) is 23.8. The highest BCUT2D eigenvalue weighted by atomic mass is 16.5. The van der Waals surface area contributed by atoms with Crippen LogP contribution in [0.2, 0.25) is 0 Å². The molecule has 172 valence electrons. The number of ether oxygens (including phenoxy) is 1. The van der Waals surface area contributed by atoms with Gasteiger partial charge in [0, 0.05) is 13.6 Å². The lowest BCUT2D eigenvalue weighted by Gasteiger charge is -2.32. The van der Waals surface area contributed by atoms with Crippen molar-refractivity contribution in [3.63, 3.8) is 0 Å². The van der Waals surface area contributed by atoms with Crippen molar-refractivity contribution in [2.75, 3.05) is 7.05 Å². The number of amides is 2. The molecule has 7 nitrogen and oxygen atoms in total. The Bertz CT molecular complexity index is 1040. The smallest absolute Gasteiger partial charge is 0.339 e. The third-order valence-corrected chi connectivity index (χ3v) is 5.92. The summed E-state index contributed by atoms with van der Waals surface area (Å²) in [4.78, 5) is 40.1. The molecule has 1 N–H and O–H groups in total. The van der Waals surface area contributed by atoms with Gasteiger partial charge >= 0.3 is 5.97 Å². The molecule has 0 bridgehead atoms. The van der Waals surface area contributed by atoms with Crippen molar-refractivity contribution in [1.29, 1.82) is 5.26 Å². The van der Waals surface area contributed by atoms with Gasteiger partial charge in [-0.3, -0.25) is 9.59 Å². The maximum atomic E-state index is 13.0. The van der Waals surface area contributed by atoms with Crippen molar-refractivity contribution in [2.24, 2.45) is 0 Å². The number of carbonyl (C=O) groups excluding carboxylic acids is 3. The fourth-order valence-electron chi connectivity index (χ4n) is 4.02. The molecule has 1 fully saturated rings. The molecule has 1 aliphatic carbocycles. The van der Waals surface area contributed by atoms with Gasteiger partial charge in [-0.15, -0.1) is 0 Å². The second-order valence-electron chi connectivity index (χ2n) is 8.48. The number of hydrogen-bond acceptors (Lipinski definition) is 5. The number of nitriles is 1. The Morgan fingerprint density at radius 3 is 2.27 bits per heavy atom. The van der Waals surface area contributed by atoms with Crippen molar-refractivity contribution in [3.8, 4) is 6.07 Å². The normalized spacial score (nSPS) is 15.5. The molecule has 0 spiro atoms. The molecule has 0 aliphatic heterocycles. The number of carbonyl (C=O) groups is 3. The van der Waals surface area contributed by atoms with Crippen molar-refractivity contribution >= 4 is 17.8 Å². The Hall–Kier alpha value is -3.66. The zero-order valence-electron chi connectivity index (χ0n) is 19.0. The highest BCUT2D eigenvalue weighted by Crippen LogP contribution is 2.27. The third kappa shape index (κ3) is 5.98. The molecule has 2 amide bonds. The van der Waals surface area contributed by atoms with Crippen molar-refractivity contribution in [1.82, 2.24) is 10.2 Å². The van der Waals surface area contributed by atoms with Crippen LogP contribution in [-0.4, -0.2) is 41.4 Å². The van der Waals surface area contributed by atoms with Crippen LogP contribution in [0.25, 0.3) is 0 Å². The Kier molecular flexibility index (Phi) is 7.83. The van der Waals surface area contributed by atoms with Crippen molar-refractivity contribution in [2.45, 2.75) is 57.2 Å². The highest BCUT2D eigenvalue weighted by Gasteiger charge is 2.35. The summed E-state index contributed by atoms with van der Waals surface area (Å²) in [7, 11) is 1.67. The largest absolute Gasteiger partial charge is 0.449 e. The maximum Gasteiger partial charge on any atom is 0.339 e. The first-order valence-electron chi connectivity index (χ1n) is 11.2. The van der Waals surface area contributed by atoms with E-state index in [9.17, 15) is 19.6 Å². The lowest BCUT2D eigenvalue weighted by atomic mass is 9.83. The van der Waals surface area contributed by atoms with Crippen LogP contribution in [0.3, 0.4) is 0 Å². The van der Waals surface area contributed by atoms with Crippen LogP contribution >= 0.6 is 0 Å². The molecule has 0 heterocycles. The molecule has 0 saturated heterocycles. The van der Waals surface area contributed by atoms with Crippen LogP contribution in [0, 0.1) is 11.3 Å². The first kappa shape index (κ1) is 24.0. The van der Waals surface area contributed by atoms with E-state index in [1.165, 1.54) is 17.9 Å². The Morgan fingerprint density at radius 2 is 1.64 bits per heavy atom. The summed E-state index contributed by atoms with van der Waals surface area (Å²) in [5.41, 5.74) is 0.348. The van der Waals surface area contributed by atoms with E-state index in [0.29, 0.717) is 19.4 Å². The molecule has 0 unspecified atom stereocenters. The van der Waals surface area contributed by atoms with E-state index in [0.717, 1.165) is 24.8 Å². The van der Waals surface area contributed by atoms with E-state index < -0.39 is 23.5 Å². The molecule has 3 rings (SSSR count). The third-order valence-electron chi connectivity index (χ3n) is 5.92. The number of hydrogen-bond donors (Lipinski definition) is 1. The van der Waals surface area contributed by atoms with E-state index in [-0.39, 0.29) is 17.0 Å². The summed E-state index contributed by atoms with van der Waals surface area (Å²) < 4.78 is 5.39. The van der Waals surface area contributed by atoms with Gasteiger partial charge in [0.15, 0.2) is 6.10 Å². The minimum atomic E-state index is -1.10. The van der Waals surface area contributed by atoms with Gasteiger partial charge < -0.3 is 15.0 Å². The number of nitrogens with zero attached hydrogens (tertiary/aromatic N) is 2. The predicted octanol–water partition coefficient (Wildman–Crippen LogP) is 3.85. The monoisotopic (exact) mass is 447 g/mol. The number of nitrogens with one attached hydrogen (secondary N) is 1. The molecular weight excluding hydrogens is 418 g/mol. The molecule has 1 atom stereocenters. The average molecular weight is 448 g/mol. The van der Waals surface area contributed by atoms with Crippen LogP contribution in [0.1, 0.15) is 65.3 Å². The van der Waals surface area contributed by atoms with Gasteiger partial charge in [-0.25, -0.2) is 4.79 Å². The summed E-state index contributed by atoms with van der Waals surface area (Å²) in [6.07, 6.45) is 2.84. The summed E-state index contributed by atoms with van der Waals surface area (Å²) in [6, 6.07) is 18.2. The van der Waals surface area contributed by atoms with E-state index in [1.54, 1.807) is 25.2 Å². The van der Waals surface area contributed by atoms with E-state index in [1.807, 2.05) is 30.3 Å². The molecule has 0 radical (unpaired) electrons. The Labute approximate surface area is 194 Å². The van der Waals surface area contributed by atoms with E-state index >= 15 is 0 Å². The predicted molar refractivity (Wildman–Crippen MR) is 123 cm³/mol. The molecule has 0 aromatic heterocycles. The summed E-state index contributed by atoms with van der Waals surface area (Å²) in [6.45, 7) is 1.85. The van der Waals surface area contributed by atoms with Gasteiger partial charge in [0.2, 0.25) is 0 Å². The van der Waals surface area contributed by atoms with Gasteiger partial charge in [-0.1, -0.05) is 61.7 Å². The van der Waals surface area contributed by atoms with Crippen molar-refractivity contribution < 1.29 is 19.1 Å². The first-order chi connectivity index (χ1) is 15.8. The summed E-state index contributed by atoms with van der Waals surface area (Å²) in [5.74, 6) is -1.60. The van der Waals surface area contributed by atoms with Crippen LogP contribution in [0.5, 0.6) is 0 Å². The maximum absolute atomic E-state index is 13.0. The van der Waals surface area contributed by atoms with Crippen LogP contribution < -0.4 is 5.32 Å². The van der Waals surface area contributed by atoms with Crippen LogP contribution in [0.15, 0.2) is 54.6 Å². The first-order valence-corrected chi connectivity index (χ1v) is 11.2. The van der Waals surface area contributed by atoms with Crippen LogP contribution in [0.4, 0.5) is 0 Å². The number of rotatable bonds is 7. The van der Waals surface area contributed by atoms with Gasteiger partial charge in [-0.2, -0.15) is 5.26 Å². The fraction of sp³-hybridized carbons (Fsp3) is 0.385. The van der Waals surface area contributed by atoms with Gasteiger partial charge in [-0.05, 0) is 37.5 Å². The average Bonchev–Trinajstić information content (AvgIpc) is 2.84. The standard InChI is InChI=1S/C26H29N3O4/c1-19(23(30)28-26(18-27)15-9-4-10-16-26)33-25(32)22-14-8-7-13-21(22)24(31)29(2)17-20-11-5-3-6-12-20/h3,5-8,11-14,19H,4,9-10,15-17H2,1-2H3,(H,28,30)/t19-/m1/s1. The molecule has 7 heteroatoms. The van der Waals surface area contributed by atoms with E-state index in [2.05, 4.69) is 11.4 Å². The zero-order valence-corrected chi connectivity index (χ0v) is 19.0. The molecule has 33 heavy (non-hydrogen) atoms. The lowest BCUT2D eigenvalue weighted by Crippen LogP contribution is -2.52. The second kappa shape index (κ2) is 10.8. The summed E-state index contributed by atoms with van der Waals surface area (Å²) in [5, 5.41) is 12.3. The Balaban J connectivity index is 1.68. The fourth-order valence-corrected chi connectivity index (χ4v) is 4.02. The van der Waals surface area contributed by atoms with Gasteiger partial charge in [0.1, 0.15) is 5.54 Å². The summed E-state index contributed by atoms with van der Waals surface area (Å²) >= 11 is 0. The molecule has 2 aromatic carbocycles. The van der Waals surface area contributed by atoms with Gasteiger partial charge in [0.05, 0.1) is 17.2 Å². The second-order valence-corrected chi connectivity index (χ2v) is 8.48. The van der Waals surface area contributed by atoms with E-state index in [4.69, 9.17) is 4.74 Å². The lowest BCUT2D eigenvalue weighted by molar-refractivity contribution is -0.130. The van der Waals surface area contributed by atoms with Crippen molar-refractivity contribution in [3.05, 3.63) is 71.3 Å². The molecule has 1 saturated carbocycles. The molecular formula is C26H29N3O4. The number of esters is 1. The Morgan fingerprint density at radius 1 is 1.03 bits per heavy atom. The number of benzene rings is 2. The quantitative estimate of drug-likeness (QED) is 0.650. The molecule has 2 aromatic rings. The topological polar surface area (TPSA) is 99.5 Å². The van der Waals surface area contributed by atoms with Crippen LogP contribution in [-0.2, 0) is 16.1 Å². The minimum Gasteiger partial charge on any atom is -0.449 e. The molecule has 1 aliphatic rings. The SMILES string of the molecule is C[C@@H](OC(=O)c1ccccc1C(=O)N(C)Cc1ccccc1)C(=O)NC1(C#N)CCCCC1. The minimum absolute atomic E-state index is 0.0923. The highest BCUT2D eigenvalue weighted by molar-refractivity contribution is 6.05.